The predicted molar refractivity (Wildman–Crippen MR) is 122 cm³/mol. The third-order valence-corrected chi connectivity index (χ3v) is 5.64. The van der Waals surface area contributed by atoms with Crippen LogP contribution < -0.4 is 4.90 Å². The Kier molecular flexibility index (Phi) is 5.00. The highest BCUT2D eigenvalue weighted by Crippen LogP contribution is 2.46. The zero-order chi connectivity index (χ0) is 21.3. The number of ketones is 1. The third kappa shape index (κ3) is 3.52. The topological polar surface area (TPSA) is 52.9 Å². The lowest BCUT2D eigenvalue weighted by Crippen LogP contribution is -2.22. The fraction of sp³-hybridized carbons (Fsp3) is 0.154. The van der Waals surface area contributed by atoms with Crippen LogP contribution in [-0.2, 0) is 10.2 Å². The fourth-order valence-corrected chi connectivity index (χ4v) is 3.96. The molecule has 2 aromatic carbocycles. The van der Waals surface area contributed by atoms with Crippen LogP contribution in [0.25, 0.3) is 0 Å². The summed E-state index contributed by atoms with van der Waals surface area (Å²) in [4.78, 5) is 19.0. The van der Waals surface area contributed by atoms with E-state index in [4.69, 9.17) is 0 Å². The van der Waals surface area contributed by atoms with E-state index in [0.717, 1.165) is 5.70 Å². The molecular weight excluding hydrogens is 372 g/mol. The van der Waals surface area contributed by atoms with Gasteiger partial charge in [-0.2, -0.15) is 0 Å². The summed E-state index contributed by atoms with van der Waals surface area (Å²) < 4.78 is 0. The number of fused-ring (bicyclic) bond motifs is 1. The maximum absolute atomic E-state index is 12.4. The number of anilines is 1. The number of para-hydroxylation sites is 2. The van der Waals surface area contributed by atoms with Gasteiger partial charge in [0.15, 0.2) is 5.78 Å². The molecular formula is C26H24N2O2. The van der Waals surface area contributed by atoms with Crippen molar-refractivity contribution in [3.8, 4) is 5.75 Å². The Bertz CT molecular complexity index is 1160. The number of carbonyl (C=O) groups is 1. The van der Waals surface area contributed by atoms with E-state index in [2.05, 4.69) is 49.0 Å². The Labute approximate surface area is 176 Å². The van der Waals surface area contributed by atoms with Crippen molar-refractivity contribution in [1.82, 2.24) is 0 Å². The molecule has 0 amide bonds. The van der Waals surface area contributed by atoms with Gasteiger partial charge in [-0.05, 0) is 54.1 Å². The van der Waals surface area contributed by atoms with Crippen LogP contribution in [0, 0.1) is 0 Å². The predicted octanol–water partition coefficient (Wildman–Crippen LogP) is 5.07. The van der Waals surface area contributed by atoms with Crippen molar-refractivity contribution in [2.45, 2.75) is 19.3 Å². The largest absolute Gasteiger partial charge is 0.507 e. The van der Waals surface area contributed by atoms with Crippen molar-refractivity contribution in [3.05, 3.63) is 107 Å². The number of phenols is 1. The van der Waals surface area contributed by atoms with Crippen molar-refractivity contribution < 1.29 is 9.90 Å². The summed E-state index contributed by atoms with van der Waals surface area (Å²) in [5.41, 5.74) is 5.31. The van der Waals surface area contributed by atoms with Crippen LogP contribution >= 0.6 is 0 Å². The molecule has 2 aliphatic rings. The number of hydrogen-bond acceptors (Lipinski definition) is 4. The molecule has 4 nitrogen and oxygen atoms in total. The molecule has 150 valence electrons. The summed E-state index contributed by atoms with van der Waals surface area (Å²) in [6, 6.07) is 15.4. The van der Waals surface area contributed by atoms with Gasteiger partial charge >= 0.3 is 0 Å². The summed E-state index contributed by atoms with van der Waals surface area (Å²) in [6.07, 6.45) is 10.5. The monoisotopic (exact) mass is 396 g/mol. The van der Waals surface area contributed by atoms with Crippen molar-refractivity contribution in [2.75, 3.05) is 11.9 Å². The Hall–Kier alpha value is -3.66. The second-order valence-electron chi connectivity index (χ2n) is 7.96. The summed E-state index contributed by atoms with van der Waals surface area (Å²) >= 11 is 0. The van der Waals surface area contributed by atoms with E-state index in [0.29, 0.717) is 16.8 Å². The first kappa shape index (κ1) is 19.6. The first-order chi connectivity index (χ1) is 14.4. The highest BCUT2D eigenvalue weighted by Gasteiger charge is 2.37. The van der Waals surface area contributed by atoms with Gasteiger partial charge in [-0.25, -0.2) is 0 Å². The maximum atomic E-state index is 12.4. The number of carbonyl (C=O) groups excluding carboxylic acids is 1. The van der Waals surface area contributed by atoms with Crippen molar-refractivity contribution in [1.29, 1.82) is 0 Å². The molecule has 1 heterocycles. The molecule has 4 rings (SSSR count). The minimum Gasteiger partial charge on any atom is -0.507 e. The first-order valence-corrected chi connectivity index (χ1v) is 9.90. The van der Waals surface area contributed by atoms with Crippen LogP contribution in [0.5, 0.6) is 5.75 Å². The van der Waals surface area contributed by atoms with Gasteiger partial charge in [-0.3, -0.25) is 9.79 Å². The number of phenolic OH excluding ortho intramolecular Hbond substituents is 1. The molecule has 1 aliphatic carbocycles. The number of allylic oxidation sites excluding steroid dienone is 7. The van der Waals surface area contributed by atoms with Crippen molar-refractivity contribution >= 4 is 17.7 Å². The number of aliphatic imine (C=N–C) groups is 1. The lowest BCUT2D eigenvalue weighted by atomic mass is 9.83. The van der Waals surface area contributed by atoms with E-state index < -0.39 is 0 Å². The number of rotatable bonds is 3. The Balaban J connectivity index is 1.64. The van der Waals surface area contributed by atoms with Crippen molar-refractivity contribution in [2.24, 2.45) is 4.99 Å². The average Bonchev–Trinajstić information content (AvgIpc) is 2.93. The van der Waals surface area contributed by atoms with Crippen LogP contribution in [0.2, 0.25) is 0 Å². The number of likely N-dealkylation sites (N-methyl/N-ethyl adjacent to an activating group) is 1. The minimum absolute atomic E-state index is 0.0515. The number of benzene rings is 2. The van der Waals surface area contributed by atoms with E-state index in [1.54, 1.807) is 36.6 Å². The maximum Gasteiger partial charge on any atom is 0.185 e. The molecule has 0 saturated heterocycles. The van der Waals surface area contributed by atoms with E-state index in [1.807, 2.05) is 24.3 Å². The molecule has 0 spiro atoms. The number of hydrogen-bond donors (Lipinski definition) is 1. The zero-order valence-corrected chi connectivity index (χ0v) is 17.3. The van der Waals surface area contributed by atoms with E-state index in [1.165, 1.54) is 17.3 Å². The minimum atomic E-state index is -0.147. The molecule has 30 heavy (non-hydrogen) atoms. The Morgan fingerprint density at radius 1 is 1.00 bits per heavy atom. The zero-order valence-electron chi connectivity index (χ0n) is 17.3. The molecule has 0 aromatic heterocycles. The molecule has 2 aromatic rings. The second kappa shape index (κ2) is 7.64. The summed E-state index contributed by atoms with van der Waals surface area (Å²) in [6.45, 7) is 4.39. The van der Waals surface area contributed by atoms with Gasteiger partial charge in [0.2, 0.25) is 0 Å². The van der Waals surface area contributed by atoms with Gasteiger partial charge in [-0.15, -0.1) is 0 Å². The van der Waals surface area contributed by atoms with Crippen LogP contribution in [0.4, 0.5) is 5.69 Å². The fourth-order valence-electron chi connectivity index (χ4n) is 3.96. The van der Waals surface area contributed by atoms with Crippen molar-refractivity contribution in [3.63, 3.8) is 0 Å². The van der Waals surface area contributed by atoms with Crippen LogP contribution in [0.15, 0.2) is 101 Å². The van der Waals surface area contributed by atoms with Gasteiger partial charge in [0.05, 0.1) is 5.70 Å². The second-order valence-corrected chi connectivity index (χ2v) is 7.96. The summed E-state index contributed by atoms with van der Waals surface area (Å²) in [7, 11) is 2.05. The van der Waals surface area contributed by atoms with Gasteiger partial charge < -0.3 is 10.0 Å². The van der Waals surface area contributed by atoms with E-state index in [9.17, 15) is 9.90 Å². The smallest absolute Gasteiger partial charge is 0.185 e. The molecule has 1 N–H and O–H groups in total. The van der Waals surface area contributed by atoms with E-state index >= 15 is 0 Å². The highest BCUT2D eigenvalue weighted by molar-refractivity contribution is 6.08. The van der Waals surface area contributed by atoms with Gasteiger partial charge in [0.1, 0.15) is 5.75 Å². The van der Waals surface area contributed by atoms with Gasteiger partial charge in [0.25, 0.3) is 0 Å². The summed E-state index contributed by atoms with van der Waals surface area (Å²) in [5, 5.41) is 9.88. The lowest BCUT2D eigenvalue weighted by molar-refractivity contribution is -0.111. The third-order valence-electron chi connectivity index (χ3n) is 5.64. The lowest BCUT2D eigenvalue weighted by Gasteiger charge is -2.23. The Morgan fingerprint density at radius 3 is 2.50 bits per heavy atom. The SMILES string of the molecule is CN1/C(=C\C=C2\C=C(N=Cc3ccccc3O)C=CC2=O)C(C)(C)c2ccccc21. The molecule has 0 atom stereocenters. The summed E-state index contributed by atoms with van der Waals surface area (Å²) in [5.74, 6) is 0.119. The Morgan fingerprint density at radius 2 is 1.73 bits per heavy atom. The molecule has 0 fully saturated rings. The van der Waals surface area contributed by atoms with Crippen LogP contribution in [0.1, 0.15) is 25.0 Å². The average molecular weight is 396 g/mol. The molecule has 0 bridgehead atoms. The van der Waals surface area contributed by atoms with E-state index in [-0.39, 0.29) is 16.9 Å². The molecule has 0 unspecified atom stereocenters. The molecule has 0 saturated carbocycles. The molecule has 4 heteroatoms. The first-order valence-electron chi connectivity index (χ1n) is 9.90. The van der Waals surface area contributed by atoms with Crippen LogP contribution in [-0.4, -0.2) is 24.2 Å². The van der Waals surface area contributed by atoms with Crippen LogP contribution in [0.3, 0.4) is 0 Å². The molecule has 1 aliphatic heterocycles. The number of aromatic hydroxyl groups is 1. The quantitative estimate of drug-likeness (QED) is 0.582. The normalized spacial score (nSPS) is 20.3. The number of nitrogens with zero attached hydrogens (tertiary/aromatic N) is 2. The highest BCUT2D eigenvalue weighted by atomic mass is 16.3. The van der Waals surface area contributed by atoms with Gasteiger partial charge in [-0.1, -0.05) is 44.2 Å². The van der Waals surface area contributed by atoms with Gasteiger partial charge in [0, 0.05) is 41.2 Å². The molecule has 0 radical (unpaired) electrons. The standard InChI is InChI=1S/C26H24N2O2/c1-26(2)21-9-5-6-10-22(21)28(3)25(26)15-12-18-16-20(13-14-24(18)30)27-17-19-8-4-7-11-23(19)29/h4-17,29H,1-3H3/b18-12-,25-15-,27-17?.